The normalized spacial score (nSPS) is 15.1. The second-order valence-corrected chi connectivity index (χ2v) is 17.2. The van der Waals surface area contributed by atoms with Gasteiger partial charge in [-0.05, 0) is 90.5 Å². The summed E-state index contributed by atoms with van der Waals surface area (Å²) in [6, 6.07) is 73.9. The number of aromatic nitrogens is 1. The van der Waals surface area contributed by atoms with Gasteiger partial charge in [-0.15, -0.1) is 0 Å². The van der Waals surface area contributed by atoms with Gasteiger partial charge in [-0.3, -0.25) is 0 Å². The summed E-state index contributed by atoms with van der Waals surface area (Å²) < 4.78 is 0. The lowest BCUT2D eigenvalue weighted by atomic mass is 9.82. The van der Waals surface area contributed by atoms with Crippen LogP contribution in [0.2, 0.25) is 0 Å². The van der Waals surface area contributed by atoms with Crippen molar-refractivity contribution in [2.45, 2.75) is 25.4 Å². The number of hydrogen-bond acceptors (Lipinski definition) is 4. The molecule has 0 saturated carbocycles. The van der Waals surface area contributed by atoms with Crippen molar-refractivity contribution in [3.63, 3.8) is 0 Å². The first-order chi connectivity index (χ1) is 31.0. The lowest BCUT2D eigenvalue weighted by Gasteiger charge is -2.25. The van der Waals surface area contributed by atoms with Crippen molar-refractivity contribution < 1.29 is 0 Å². The Kier molecular flexibility index (Phi) is 8.55. The maximum Gasteiger partial charge on any atom is 0.159 e. The Bertz CT molecular complexity index is 3510. The largest absolute Gasteiger partial charge is 0.344 e. The summed E-state index contributed by atoms with van der Waals surface area (Å²) in [6.45, 7) is 4.70. The molecule has 0 radical (unpaired) electrons. The maximum absolute atomic E-state index is 5.38. The molecule has 0 saturated heterocycles. The molecule has 1 aliphatic carbocycles. The Morgan fingerprint density at radius 3 is 1.78 bits per heavy atom. The summed E-state index contributed by atoms with van der Waals surface area (Å²) in [4.78, 5) is 15.8. The number of hydrogen-bond donors (Lipinski definition) is 1. The van der Waals surface area contributed by atoms with Crippen LogP contribution in [0.25, 0.3) is 77.1 Å². The molecule has 63 heavy (non-hydrogen) atoms. The number of pyridine rings is 1. The van der Waals surface area contributed by atoms with Gasteiger partial charge in [0.2, 0.25) is 0 Å². The molecule has 1 aliphatic heterocycles. The zero-order valence-corrected chi connectivity index (χ0v) is 35.0. The molecule has 0 fully saturated rings. The maximum atomic E-state index is 5.38. The minimum atomic E-state index is -0.411. The first kappa shape index (κ1) is 36.9. The lowest BCUT2D eigenvalue weighted by Crippen LogP contribution is -2.33. The summed E-state index contributed by atoms with van der Waals surface area (Å²) in [6.07, 6.45) is -0.411. The van der Waals surface area contributed by atoms with Gasteiger partial charge in [0.05, 0.1) is 11.2 Å². The Morgan fingerprint density at radius 1 is 0.429 bits per heavy atom. The molecule has 298 valence electrons. The highest BCUT2D eigenvalue weighted by atomic mass is 15.2. The van der Waals surface area contributed by atoms with Gasteiger partial charge in [-0.1, -0.05) is 196 Å². The third-order valence-electron chi connectivity index (χ3n) is 13.1. The molecular formula is C59H42N4. The summed E-state index contributed by atoms with van der Waals surface area (Å²) in [5, 5.41) is 9.61. The highest BCUT2D eigenvalue weighted by Gasteiger charge is 2.37. The van der Waals surface area contributed by atoms with Crippen LogP contribution in [0.5, 0.6) is 0 Å². The van der Waals surface area contributed by atoms with E-state index in [0.29, 0.717) is 5.84 Å². The number of amidine groups is 2. The van der Waals surface area contributed by atoms with Crippen molar-refractivity contribution >= 4 is 44.1 Å². The Balaban J connectivity index is 1.09. The van der Waals surface area contributed by atoms with E-state index in [1.807, 2.05) is 24.3 Å². The number of aliphatic imine (C=N–C) groups is 2. The molecule has 0 bridgehead atoms. The first-order valence-electron chi connectivity index (χ1n) is 21.7. The highest BCUT2D eigenvalue weighted by Crippen LogP contribution is 2.52. The second-order valence-electron chi connectivity index (χ2n) is 17.2. The zero-order valence-electron chi connectivity index (χ0n) is 35.0. The van der Waals surface area contributed by atoms with Crippen molar-refractivity contribution in [3.05, 3.63) is 234 Å². The monoisotopic (exact) mass is 806 g/mol. The van der Waals surface area contributed by atoms with Gasteiger partial charge in [0, 0.05) is 32.9 Å². The number of para-hydroxylation sites is 1. The molecule has 0 amide bonds. The van der Waals surface area contributed by atoms with Crippen molar-refractivity contribution in [2.24, 2.45) is 9.98 Å². The molecule has 1 aromatic heterocycles. The molecule has 12 rings (SSSR count). The Labute approximate surface area is 367 Å². The fourth-order valence-electron chi connectivity index (χ4n) is 10.1. The predicted octanol–water partition coefficient (Wildman–Crippen LogP) is 14.3. The van der Waals surface area contributed by atoms with E-state index in [2.05, 4.69) is 201 Å². The van der Waals surface area contributed by atoms with E-state index in [1.54, 1.807) is 0 Å². The van der Waals surface area contributed by atoms with Crippen LogP contribution in [0.3, 0.4) is 0 Å². The van der Waals surface area contributed by atoms with Gasteiger partial charge in [-0.2, -0.15) is 0 Å². The van der Waals surface area contributed by atoms with E-state index in [0.717, 1.165) is 72.1 Å². The summed E-state index contributed by atoms with van der Waals surface area (Å²) in [5.41, 5.74) is 15.9. The van der Waals surface area contributed by atoms with Crippen LogP contribution in [0.15, 0.2) is 216 Å². The van der Waals surface area contributed by atoms with E-state index >= 15 is 0 Å². The molecule has 4 heteroatoms. The topological polar surface area (TPSA) is 49.6 Å². The molecular weight excluding hydrogens is 765 g/mol. The minimum absolute atomic E-state index is 0.129. The van der Waals surface area contributed by atoms with Crippen LogP contribution < -0.4 is 5.32 Å². The van der Waals surface area contributed by atoms with Crippen LogP contribution in [-0.4, -0.2) is 16.7 Å². The number of nitrogens with zero attached hydrogens (tertiary/aromatic N) is 3. The summed E-state index contributed by atoms with van der Waals surface area (Å²) in [7, 11) is 0. The smallest absolute Gasteiger partial charge is 0.159 e. The van der Waals surface area contributed by atoms with E-state index in [-0.39, 0.29) is 5.41 Å². The molecule has 4 nitrogen and oxygen atoms in total. The molecule has 0 spiro atoms. The van der Waals surface area contributed by atoms with E-state index in [9.17, 15) is 0 Å². The Morgan fingerprint density at radius 2 is 1.00 bits per heavy atom. The average molecular weight is 807 g/mol. The molecule has 9 aromatic carbocycles. The summed E-state index contributed by atoms with van der Waals surface area (Å²) in [5.74, 6) is 1.49. The molecule has 1 N–H and O–H groups in total. The van der Waals surface area contributed by atoms with Crippen LogP contribution in [-0.2, 0) is 5.41 Å². The van der Waals surface area contributed by atoms with E-state index in [1.165, 1.54) is 38.6 Å². The first-order valence-corrected chi connectivity index (χ1v) is 21.7. The standard InChI is InChI=1S/C59H42N4/c1-59(2)51-29-15-13-27-50(51)54-43(28-17-30-52(54)59)40-34-39(35-41(36-40)58-62-56(37-18-5-3-6-19-37)61-57(63-58)38-20-7-4-8-21-38)42-32-33-49(45-23-10-9-22-44(42)45)55-48-26-12-11-24-46(48)47-25-14-16-31-53(47)60-55/h3-36,58H,1-2H3,(H,61,62,63). The molecule has 10 aromatic rings. The van der Waals surface area contributed by atoms with Crippen LogP contribution >= 0.6 is 0 Å². The lowest BCUT2D eigenvalue weighted by molar-refractivity contribution is 0.660. The average Bonchev–Trinajstić information content (AvgIpc) is 3.59. The summed E-state index contributed by atoms with van der Waals surface area (Å²) >= 11 is 0. The minimum Gasteiger partial charge on any atom is -0.344 e. The van der Waals surface area contributed by atoms with Crippen molar-refractivity contribution in [2.75, 3.05) is 0 Å². The van der Waals surface area contributed by atoms with Gasteiger partial charge in [-0.25, -0.2) is 15.0 Å². The molecule has 1 atom stereocenters. The van der Waals surface area contributed by atoms with Gasteiger partial charge in [0.25, 0.3) is 0 Å². The molecule has 2 heterocycles. The van der Waals surface area contributed by atoms with Crippen LogP contribution in [0.1, 0.15) is 47.8 Å². The van der Waals surface area contributed by atoms with Gasteiger partial charge in [0.15, 0.2) is 5.84 Å². The number of nitrogens with one attached hydrogen (secondary N) is 1. The van der Waals surface area contributed by atoms with Crippen molar-refractivity contribution in [1.82, 2.24) is 10.3 Å². The number of benzene rings is 9. The van der Waals surface area contributed by atoms with Gasteiger partial charge < -0.3 is 5.32 Å². The highest BCUT2D eigenvalue weighted by molar-refractivity contribution is 6.15. The van der Waals surface area contributed by atoms with Gasteiger partial charge in [0.1, 0.15) is 12.0 Å². The van der Waals surface area contributed by atoms with E-state index < -0.39 is 6.17 Å². The molecule has 1 unspecified atom stereocenters. The van der Waals surface area contributed by atoms with Crippen molar-refractivity contribution in [3.8, 4) is 44.6 Å². The molecule has 2 aliphatic rings. The Hall–Kier alpha value is -7.95. The van der Waals surface area contributed by atoms with E-state index in [4.69, 9.17) is 15.0 Å². The quantitative estimate of drug-likeness (QED) is 0.170. The fourth-order valence-corrected chi connectivity index (χ4v) is 10.1. The number of fused-ring (bicyclic) bond motifs is 7. The fraction of sp³-hybridized carbons (Fsp3) is 0.0678. The SMILES string of the molecule is CC1(C)c2ccccc2-c2c(-c3cc(-c4ccc(-c5nc6ccccc6c6ccccc56)c5ccccc45)cc(C4N=C(c5ccccc5)N=C(c5ccccc5)N4)c3)cccc21. The van der Waals surface area contributed by atoms with Crippen molar-refractivity contribution in [1.29, 1.82) is 0 Å². The van der Waals surface area contributed by atoms with Crippen LogP contribution in [0, 0.1) is 0 Å². The van der Waals surface area contributed by atoms with Gasteiger partial charge >= 0.3 is 0 Å². The predicted molar refractivity (Wildman–Crippen MR) is 262 cm³/mol. The third kappa shape index (κ3) is 6.09. The van der Waals surface area contributed by atoms with Crippen LogP contribution in [0.4, 0.5) is 0 Å². The number of rotatable bonds is 6. The zero-order chi connectivity index (χ0) is 42.1. The second kappa shape index (κ2) is 14.6. The third-order valence-corrected chi connectivity index (χ3v) is 13.1.